The molecular formula is C24H26N2O3. The van der Waals surface area contributed by atoms with E-state index in [1.165, 1.54) is 0 Å². The third kappa shape index (κ3) is 5.51. The van der Waals surface area contributed by atoms with E-state index in [1.54, 1.807) is 25.1 Å². The van der Waals surface area contributed by atoms with E-state index in [2.05, 4.69) is 18.0 Å². The third-order valence-corrected chi connectivity index (χ3v) is 4.61. The highest BCUT2D eigenvalue weighted by Crippen LogP contribution is 2.22. The van der Waals surface area contributed by atoms with E-state index in [4.69, 9.17) is 9.47 Å². The van der Waals surface area contributed by atoms with E-state index in [1.807, 2.05) is 54.6 Å². The summed E-state index contributed by atoms with van der Waals surface area (Å²) in [6.07, 6.45) is 1.71. The first-order valence-electron chi connectivity index (χ1n) is 9.47. The number of carbonyl (C=O) groups is 1. The summed E-state index contributed by atoms with van der Waals surface area (Å²) < 4.78 is 10.7. The van der Waals surface area contributed by atoms with E-state index in [0.29, 0.717) is 19.7 Å². The minimum atomic E-state index is -0.119. The lowest BCUT2D eigenvalue weighted by molar-refractivity contribution is 0.206. The molecule has 0 spiro atoms. The summed E-state index contributed by atoms with van der Waals surface area (Å²) in [6, 6.07) is 19.7. The van der Waals surface area contributed by atoms with Gasteiger partial charge in [-0.25, -0.2) is 4.79 Å². The molecule has 0 atom stereocenters. The van der Waals surface area contributed by atoms with Gasteiger partial charge in [-0.1, -0.05) is 43.0 Å². The topological polar surface area (TPSA) is 50.8 Å². The van der Waals surface area contributed by atoms with Crippen LogP contribution in [0.15, 0.2) is 73.3 Å². The van der Waals surface area contributed by atoms with Crippen molar-refractivity contribution in [2.75, 3.05) is 20.8 Å². The van der Waals surface area contributed by atoms with E-state index in [9.17, 15) is 4.79 Å². The fourth-order valence-electron chi connectivity index (χ4n) is 3.01. The van der Waals surface area contributed by atoms with Crippen molar-refractivity contribution in [2.24, 2.45) is 0 Å². The van der Waals surface area contributed by atoms with Crippen molar-refractivity contribution in [3.8, 4) is 11.5 Å². The number of fused-ring (bicyclic) bond motifs is 1. The van der Waals surface area contributed by atoms with Gasteiger partial charge in [0.2, 0.25) is 0 Å². The predicted octanol–water partition coefficient (Wildman–Crippen LogP) is 4.75. The fourth-order valence-corrected chi connectivity index (χ4v) is 3.01. The monoisotopic (exact) mass is 390 g/mol. The smallest absolute Gasteiger partial charge is 0.317 e. The van der Waals surface area contributed by atoms with Crippen LogP contribution in [0.4, 0.5) is 4.79 Å². The number of methoxy groups -OCH3 is 1. The van der Waals surface area contributed by atoms with Gasteiger partial charge in [0, 0.05) is 20.1 Å². The van der Waals surface area contributed by atoms with Crippen molar-refractivity contribution < 1.29 is 14.3 Å². The van der Waals surface area contributed by atoms with Gasteiger partial charge in [-0.3, -0.25) is 0 Å². The predicted molar refractivity (Wildman–Crippen MR) is 116 cm³/mol. The standard InChI is InChI=1S/C24H26N2O3/c1-4-13-29-22-10-6-18(7-11-22)17-26(2)24(27)25-16-19-5-8-21-15-23(28-3)12-9-20(21)14-19/h4-12,14-15H,1,13,16-17H2,2-3H3,(H,25,27). The molecule has 0 heterocycles. The van der Waals surface area contributed by atoms with Crippen LogP contribution in [0, 0.1) is 0 Å². The molecule has 0 aromatic heterocycles. The summed E-state index contributed by atoms with van der Waals surface area (Å²) in [5, 5.41) is 5.20. The Morgan fingerprint density at radius 1 is 1.00 bits per heavy atom. The maximum absolute atomic E-state index is 12.4. The number of benzene rings is 3. The Labute approximate surface area is 171 Å². The highest BCUT2D eigenvalue weighted by Gasteiger charge is 2.09. The molecule has 150 valence electrons. The highest BCUT2D eigenvalue weighted by molar-refractivity contribution is 5.84. The lowest BCUT2D eigenvalue weighted by Gasteiger charge is -2.18. The third-order valence-electron chi connectivity index (χ3n) is 4.61. The number of ether oxygens (including phenoxy) is 2. The highest BCUT2D eigenvalue weighted by atomic mass is 16.5. The van der Waals surface area contributed by atoms with Gasteiger partial charge >= 0.3 is 6.03 Å². The Kier molecular flexibility index (Phi) is 6.74. The van der Waals surface area contributed by atoms with Crippen LogP contribution in [0.5, 0.6) is 11.5 Å². The van der Waals surface area contributed by atoms with Gasteiger partial charge in [0.1, 0.15) is 18.1 Å². The Balaban J connectivity index is 1.54. The molecular weight excluding hydrogens is 364 g/mol. The number of hydrogen-bond donors (Lipinski definition) is 1. The normalized spacial score (nSPS) is 10.4. The van der Waals surface area contributed by atoms with Crippen LogP contribution in [0.1, 0.15) is 11.1 Å². The summed E-state index contributed by atoms with van der Waals surface area (Å²) in [4.78, 5) is 14.1. The van der Waals surface area contributed by atoms with Crippen LogP contribution in [0.25, 0.3) is 10.8 Å². The maximum Gasteiger partial charge on any atom is 0.317 e. The average Bonchev–Trinajstić information content (AvgIpc) is 2.76. The van der Waals surface area contributed by atoms with E-state index in [-0.39, 0.29) is 6.03 Å². The minimum absolute atomic E-state index is 0.119. The van der Waals surface area contributed by atoms with Gasteiger partial charge in [-0.05, 0) is 52.2 Å². The zero-order chi connectivity index (χ0) is 20.6. The van der Waals surface area contributed by atoms with Crippen LogP contribution < -0.4 is 14.8 Å². The van der Waals surface area contributed by atoms with Crippen LogP contribution in [-0.2, 0) is 13.1 Å². The summed E-state index contributed by atoms with van der Waals surface area (Å²) >= 11 is 0. The molecule has 0 fully saturated rings. The van der Waals surface area contributed by atoms with Crippen molar-refractivity contribution in [3.05, 3.63) is 84.4 Å². The molecule has 3 rings (SSSR count). The first kappa shape index (κ1) is 20.3. The molecule has 29 heavy (non-hydrogen) atoms. The molecule has 0 radical (unpaired) electrons. The zero-order valence-corrected chi connectivity index (χ0v) is 16.9. The Hall–Kier alpha value is -3.47. The molecule has 1 N–H and O–H groups in total. The second-order valence-corrected chi connectivity index (χ2v) is 6.81. The number of hydrogen-bond acceptors (Lipinski definition) is 3. The number of nitrogens with one attached hydrogen (secondary N) is 1. The quantitative estimate of drug-likeness (QED) is 0.565. The number of urea groups is 1. The summed E-state index contributed by atoms with van der Waals surface area (Å²) in [6.45, 7) is 5.10. The van der Waals surface area contributed by atoms with Crippen molar-refractivity contribution in [2.45, 2.75) is 13.1 Å². The molecule has 0 aliphatic carbocycles. The van der Waals surface area contributed by atoms with Crippen LogP contribution >= 0.6 is 0 Å². The van der Waals surface area contributed by atoms with Crippen LogP contribution in [0.3, 0.4) is 0 Å². The molecule has 0 bridgehead atoms. The molecule has 5 heteroatoms. The van der Waals surface area contributed by atoms with Gasteiger partial charge in [-0.2, -0.15) is 0 Å². The molecule has 0 aliphatic heterocycles. The van der Waals surface area contributed by atoms with Crippen molar-refractivity contribution in [3.63, 3.8) is 0 Å². The van der Waals surface area contributed by atoms with Crippen LogP contribution in [0.2, 0.25) is 0 Å². The van der Waals surface area contributed by atoms with Gasteiger partial charge < -0.3 is 19.7 Å². The summed E-state index contributed by atoms with van der Waals surface area (Å²) in [5.41, 5.74) is 2.08. The average molecular weight is 390 g/mol. The SMILES string of the molecule is C=CCOc1ccc(CN(C)C(=O)NCc2ccc3cc(OC)ccc3c2)cc1. The Morgan fingerprint density at radius 2 is 1.66 bits per heavy atom. The molecule has 2 amide bonds. The summed E-state index contributed by atoms with van der Waals surface area (Å²) in [5.74, 6) is 1.62. The molecule has 3 aromatic carbocycles. The van der Waals surface area contributed by atoms with E-state index >= 15 is 0 Å². The molecule has 0 saturated heterocycles. The largest absolute Gasteiger partial charge is 0.497 e. The van der Waals surface area contributed by atoms with Crippen molar-refractivity contribution in [1.29, 1.82) is 0 Å². The number of nitrogens with zero attached hydrogens (tertiary/aromatic N) is 1. The zero-order valence-electron chi connectivity index (χ0n) is 16.9. The van der Waals surface area contributed by atoms with Crippen LogP contribution in [-0.4, -0.2) is 31.7 Å². The molecule has 5 nitrogen and oxygen atoms in total. The number of carbonyl (C=O) groups excluding carboxylic acids is 1. The number of rotatable bonds is 8. The molecule has 0 saturated carbocycles. The lowest BCUT2D eigenvalue weighted by atomic mass is 10.1. The second-order valence-electron chi connectivity index (χ2n) is 6.81. The van der Waals surface area contributed by atoms with Gasteiger partial charge in [-0.15, -0.1) is 0 Å². The number of amides is 2. The first-order chi connectivity index (χ1) is 14.1. The Bertz CT molecular complexity index is 983. The Morgan fingerprint density at radius 3 is 2.38 bits per heavy atom. The van der Waals surface area contributed by atoms with E-state index < -0.39 is 0 Å². The first-order valence-corrected chi connectivity index (χ1v) is 9.47. The molecule has 0 unspecified atom stereocenters. The fraction of sp³-hybridized carbons (Fsp3) is 0.208. The van der Waals surface area contributed by atoms with Gasteiger partial charge in [0.15, 0.2) is 0 Å². The van der Waals surface area contributed by atoms with Gasteiger partial charge in [0.05, 0.1) is 7.11 Å². The lowest BCUT2D eigenvalue weighted by Crippen LogP contribution is -2.36. The van der Waals surface area contributed by atoms with E-state index in [0.717, 1.165) is 33.4 Å². The minimum Gasteiger partial charge on any atom is -0.497 e. The second kappa shape index (κ2) is 9.64. The summed E-state index contributed by atoms with van der Waals surface area (Å²) in [7, 11) is 3.44. The van der Waals surface area contributed by atoms with Crippen molar-refractivity contribution >= 4 is 16.8 Å². The molecule has 3 aromatic rings. The maximum atomic E-state index is 12.4. The molecule has 0 aliphatic rings. The van der Waals surface area contributed by atoms with Crippen molar-refractivity contribution in [1.82, 2.24) is 10.2 Å². The van der Waals surface area contributed by atoms with Gasteiger partial charge in [0.25, 0.3) is 0 Å².